The van der Waals surface area contributed by atoms with Gasteiger partial charge in [0.1, 0.15) is 5.15 Å². The standard InChI is InChI=1S/C6H5ClN2O.C2H3N/c7-5-3-4(6(8)10)1-2-9-5;1-2-3/h1-3H,(H2,8,10);1H3. The Morgan fingerprint density at radius 2 is 2.31 bits per heavy atom. The molecule has 0 aliphatic carbocycles. The van der Waals surface area contributed by atoms with Gasteiger partial charge in [-0.25, -0.2) is 4.98 Å². The van der Waals surface area contributed by atoms with Crippen LogP contribution < -0.4 is 5.73 Å². The highest BCUT2D eigenvalue weighted by molar-refractivity contribution is 6.29. The van der Waals surface area contributed by atoms with Crippen molar-refractivity contribution in [1.82, 2.24) is 4.98 Å². The highest BCUT2D eigenvalue weighted by Crippen LogP contribution is 2.05. The normalized spacial score (nSPS) is 7.77. The number of halogens is 1. The van der Waals surface area contributed by atoms with Crippen LogP contribution in [-0.4, -0.2) is 10.9 Å². The summed E-state index contributed by atoms with van der Waals surface area (Å²) in [6, 6.07) is 4.68. The minimum Gasteiger partial charge on any atom is -0.366 e. The molecule has 1 heterocycles. The highest BCUT2D eigenvalue weighted by atomic mass is 35.5. The van der Waals surface area contributed by atoms with Crippen LogP contribution in [0.25, 0.3) is 0 Å². The van der Waals surface area contributed by atoms with Gasteiger partial charge in [-0.15, -0.1) is 0 Å². The van der Waals surface area contributed by atoms with Crippen molar-refractivity contribution >= 4 is 17.5 Å². The van der Waals surface area contributed by atoms with Gasteiger partial charge < -0.3 is 5.73 Å². The van der Waals surface area contributed by atoms with Gasteiger partial charge in [-0.3, -0.25) is 4.79 Å². The zero-order valence-corrected chi connectivity index (χ0v) is 7.75. The maximum atomic E-state index is 10.5. The van der Waals surface area contributed by atoms with Crippen LogP contribution in [0.4, 0.5) is 0 Å². The predicted octanol–water partition coefficient (Wildman–Crippen LogP) is 1.36. The Bertz CT molecular complexity index is 332. The molecular formula is C8H8ClN3O. The summed E-state index contributed by atoms with van der Waals surface area (Å²) < 4.78 is 0. The van der Waals surface area contributed by atoms with Crippen LogP contribution in [0.1, 0.15) is 17.3 Å². The summed E-state index contributed by atoms with van der Waals surface area (Å²) in [7, 11) is 0. The van der Waals surface area contributed by atoms with E-state index in [0.717, 1.165) is 0 Å². The van der Waals surface area contributed by atoms with Gasteiger partial charge in [0.15, 0.2) is 0 Å². The van der Waals surface area contributed by atoms with Crippen molar-refractivity contribution in [3.05, 3.63) is 29.0 Å². The van der Waals surface area contributed by atoms with E-state index >= 15 is 0 Å². The second kappa shape index (κ2) is 5.98. The smallest absolute Gasteiger partial charge is 0.248 e. The third-order valence-electron chi connectivity index (χ3n) is 1.01. The molecule has 0 saturated carbocycles. The molecule has 1 amide bonds. The summed E-state index contributed by atoms with van der Waals surface area (Å²) in [6.45, 7) is 1.43. The Morgan fingerprint density at radius 1 is 1.77 bits per heavy atom. The van der Waals surface area contributed by atoms with E-state index in [0.29, 0.717) is 5.56 Å². The van der Waals surface area contributed by atoms with Crippen molar-refractivity contribution in [3.63, 3.8) is 0 Å². The van der Waals surface area contributed by atoms with Gasteiger partial charge in [0.2, 0.25) is 5.91 Å². The first-order chi connectivity index (χ1) is 6.11. The minimum absolute atomic E-state index is 0.274. The molecule has 0 bridgehead atoms. The number of aromatic nitrogens is 1. The number of amides is 1. The fourth-order valence-corrected chi connectivity index (χ4v) is 0.730. The van der Waals surface area contributed by atoms with Gasteiger partial charge in [0.05, 0.1) is 6.07 Å². The molecule has 13 heavy (non-hydrogen) atoms. The Balaban J connectivity index is 0.000000424. The molecule has 1 aromatic rings. The molecule has 1 aromatic heterocycles. The van der Waals surface area contributed by atoms with Crippen LogP contribution in [0.2, 0.25) is 5.15 Å². The molecule has 0 saturated heterocycles. The van der Waals surface area contributed by atoms with Gasteiger partial charge >= 0.3 is 0 Å². The van der Waals surface area contributed by atoms with Gasteiger partial charge in [0.25, 0.3) is 0 Å². The lowest BCUT2D eigenvalue weighted by atomic mass is 10.3. The molecular weight excluding hydrogens is 190 g/mol. The fraction of sp³-hybridized carbons (Fsp3) is 0.125. The average molecular weight is 198 g/mol. The van der Waals surface area contributed by atoms with Crippen molar-refractivity contribution in [2.45, 2.75) is 6.92 Å². The highest BCUT2D eigenvalue weighted by Gasteiger charge is 1.98. The fourth-order valence-electron chi connectivity index (χ4n) is 0.556. The number of rotatable bonds is 1. The van der Waals surface area contributed by atoms with E-state index in [9.17, 15) is 4.79 Å². The molecule has 0 fully saturated rings. The maximum Gasteiger partial charge on any atom is 0.248 e. The van der Waals surface area contributed by atoms with Crippen LogP contribution in [-0.2, 0) is 0 Å². The SMILES string of the molecule is CC#N.NC(=O)c1ccnc(Cl)c1. The molecule has 1 rings (SSSR count). The molecule has 0 aliphatic heterocycles. The van der Waals surface area contributed by atoms with E-state index in [4.69, 9.17) is 22.6 Å². The molecule has 0 unspecified atom stereocenters. The van der Waals surface area contributed by atoms with E-state index in [1.165, 1.54) is 25.3 Å². The zero-order valence-electron chi connectivity index (χ0n) is 6.99. The van der Waals surface area contributed by atoms with Crippen molar-refractivity contribution < 1.29 is 4.79 Å². The lowest BCUT2D eigenvalue weighted by molar-refractivity contribution is 0.1000. The Hall–Kier alpha value is -1.60. The number of carbonyl (C=O) groups is 1. The number of nitrogens with zero attached hydrogens (tertiary/aromatic N) is 2. The maximum absolute atomic E-state index is 10.5. The van der Waals surface area contributed by atoms with Crippen LogP contribution >= 0.6 is 11.6 Å². The topological polar surface area (TPSA) is 79.8 Å². The van der Waals surface area contributed by atoms with Crippen molar-refractivity contribution in [2.75, 3.05) is 0 Å². The van der Waals surface area contributed by atoms with Gasteiger partial charge in [-0.2, -0.15) is 5.26 Å². The van der Waals surface area contributed by atoms with Gasteiger partial charge in [-0.1, -0.05) is 11.6 Å². The van der Waals surface area contributed by atoms with E-state index < -0.39 is 5.91 Å². The number of nitriles is 1. The van der Waals surface area contributed by atoms with E-state index in [1.54, 1.807) is 6.07 Å². The lowest BCUT2D eigenvalue weighted by Gasteiger charge is -1.92. The molecule has 4 nitrogen and oxygen atoms in total. The molecule has 5 heteroatoms. The number of carbonyl (C=O) groups excluding carboxylic acids is 1. The number of hydrogen-bond donors (Lipinski definition) is 1. The summed E-state index contributed by atoms with van der Waals surface area (Å²) in [4.78, 5) is 14.2. The van der Waals surface area contributed by atoms with E-state index in [-0.39, 0.29) is 5.15 Å². The van der Waals surface area contributed by atoms with E-state index in [1.807, 2.05) is 0 Å². The third kappa shape index (κ3) is 4.77. The molecule has 0 aromatic carbocycles. The molecule has 0 radical (unpaired) electrons. The summed E-state index contributed by atoms with van der Waals surface area (Å²) in [5.41, 5.74) is 5.33. The van der Waals surface area contributed by atoms with Crippen LogP contribution in [0, 0.1) is 11.3 Å². The monoisotopic (exact) mass is 197 g/mol. The van der Waals surface area contributed by atoms with Gasteiger partial charge in [0, 0.05) is 18.7 Å². The van der Waals surface area contributed by atoms with Crippen LogP contribution in [0.15, 0.2) is 18.3 Å². The molecule has 68 valence electrons. The second-order valence-electron chi connectivity index (χ2n) is 1.96. The average Bonchev–Trinajstić information content (AvgIpc) is 2.05. The van der Waals surface area contributed by atoms with E-state index in [2.05, 4.69) is 4.98 Å². The zero-order chi connectivity index (χ0) is 10.3. The summed E-state index contributed by atoms with van der Waals surface area (Å²) in [5.74, 6) is -0.496. The Kier molecular flexibility index (Phi) is 5.24. The Morgan fingerprint density at radius 3 is 2.62 bits per heavy atom. The quantitative estimate of drug-likeness (QED) is 0.691. The number of primary amides is 1. The molecule has 2 N–H and O–H groups in total. The minimum atomic E-state index is -0.496. The van der Waals surface area contributed by atoms with Crippen molar-refractivity contribution in [2.24, 2.45) is 5.73 Å². The summed E-state index contributed by atoms with van der Waals surface area (Å²) in [5, 5.41) is 7.59. The first-order valence-corrected chi connectivity index (χ1v) is 3.71. The lowest BCUT2D eigenvalue weighted by Crippen LogP contribution is -2.10. The molecule has 0 aliphatic rings. The van der Waals surface area contributed by atoms with Crippen LogP contribution in [0.3, 0.4) is 0 Å². The van der Waals surface area contributed by atoms with Crippen molar-refractivity contribution in [3.8, 4) is 6.07 Å². The third-order valence-corrected chi connectivity index (χ3v) is 1.22. The predicted molar refractivity (Wildman–Crippen MR) is 49.1 cm³/mol. The Labute approximate surface area is 80.9 Å². The second-order valence-corrected chi connectivity index (χ2v) is 2.34. The first kappa shape index (κ1) is 11.4. The number of nitrogens with two attached hydrogens (primary N) is 1. The largest absolute Gasteiger partial charge is 0.366 e. The summed E-state index contributed by atoms with van der Waals surface area (Å²) in [6.07, 6.45) is 1.43. The van der Waals surface area contributed by atoms with Crippen LogP contribution in [0.5, 0.6) is 0 Å². The first-order valence-electron chi connectivity index (χ1n) is 3.34. The van der Waals surface area contributed by atoms with Gasteiger partial charge in [-0.05, 0) is 12.1 Å². The molecule has 0 spiro atoms. The summed E-state index contributed by atoms with van der Waals surface area (Å²) >= 11 is 5.47. The number of pyridine rings is 1. The number of hydrogen-bond acceptors (Lipinski definition) is 3. The van der Waals surface area contributed by atoms with Crippen molar-refractivity contribution in [1.29, 1.82) is 5.26 Å². The molecule has 0 atom stereocenters.